The Labute approximate surface area is 170 Å². The van der Waals surface area contributed by atoms with Crippen LogP contribution < -0.4 is 5.32 Å². The molecule has 29 heavy (non-hydrogen) atoms. The van der Waals surface area contributed by atoms with Crippen LogP contribution >= 0.6 is 0 Å². The van der Waals surface area contributed by atoms with Gasteiger partial charge in [0.25, 0.3) is 0 Å². The number of nitrogens with zero attached hydrogens (tertiary/aromatic N) is 3. The summed E-state index contributed by atoms with van der Waals surface area (Å²) in [4.78, 5) is 12.3. The molecule has 0 saturated heterocycles. The molecule has 3 N–H and O–H groups in total. The highest BCUT2D eigenvalue weighted by Gasteiger charge is 2.25. The normalized spacial score (nSPS) is 11.8. The van der Waals surface area contributed by atoms with E-state index < -0.39 is 13.1 Å². The molecule has 1 amide bonds. The minimum absolute atomic E-state index is 0.186. The maximum absolute atomic E-state index is 12.3. The number of nitrogens with one attached hydrogen (secondary N) is 1. The number of para-hydroxylation sites is 1. The summed E-state index contributed by atoms with van der Waals surface area (Å²) in [6.07, 6.45) is 3.64. The molecule has 0 radical (unpaired) electrons. The topological polar surface area (TPSA) is 100 Å². The Balaban J connectivity index is 1.55. The van der Waals surface area contributed by atoms with Crippen molar-refractivity contribution < 1.29 is 14.8 Å². The van der Waals surface area contributed by atoms with E-state index in [0.717, 1.165) is 17.7 Å². The minimum atomic E-state index is -1.64. The highest BCUT2D eigenvalue weighted by molar-refractivity contribution is 6.43. The summed E-state index contributed by atoms with van der Waals surface area (Å²) in [5.41, 5.74) is 3.71. The van der Waals surface area contributed by atoms with Crippen LogP contribution in [0.4, 0.5) is 0 Å². The Morgan fingerprint density at radius 2 is 1.90 bits per heavy atom. The molecule has 3 rings (SSSR count). The largest absolute Gasteiger partial charge is 0.475 e. The molecule has 0 fully saturated rings. The molecule has 1 atom stereocenters. The molecule has 1 unspecified atom stereocenters. The van der Waals surface area contributed by atoms with Crippen molar-refractivity contribution in [3.63, 3.8) is 0 Å². The Hall–Kier alpha value is -2.97. The third-order valence-electron chi connectivity index (χ3n) is 4.73. The van der Waals surface area contributed by atoms with Crippen molar-refractivity contribution in [1.29, 1.82) is 0 Å². The first kappa shape index (κ1) is 20.8. The average molecular weight is 392 g/mol. The van der Waals surface area contributed by atoms with Crippen LogP contribution in [0.1, 0.15) is 30.2 Å². The van der Waals surface area contributed by atoms with Crippen molar-refractivity contribution in [3.05, 3.63) is 77.6 Å². The van der Waals surface area contributed by atoms with Gasteiger partial charge >= 0.3 is 7.12 Å². The Kier molecular flexibility index (Phi) is 7.16. The molecule has 0 aliphatic heterocycles. The number of carbonyl (C=O) groups is 1. The lowest BCUT2D eigenvalue weighted by molar-refractivity contribution is -0.121. The zero-order chi connectivity index (χ0) is 20.6. The molecule has 1 aromatic heterocycles. The van der Waals surface area contributed by atoms with Crippen molar-refractivity contribution in [2.75, 3.05) is 0 Å². The molecule has 0 aliphatic rings. The first-order chi connectivity index (χ1) is 14.0. The number of benzene rings is 2. The van der Waals surface area contributed by atoms with E-state index in [-0.39, 0.29) is 12.3 Å². The second kappa shape index (κ2) is 10.00. The number of carbonyl (C=O) groups excluding carboxylic acids is 1. The summed E-state index contributed by atoms with van der Waals surface area (Å²) in [5, 5.41) is 30.3. The van der Waals surface area contributed by atoms with Crippen LogP contribution in [-0.2, 0) is 24.1 Å². The van der Waals surface area contributed by atoms with Crippen molar-refractivity contribution in [2.24, 2.45) is 0 Å². The molecule has 1 heterocycles. The van der Waals surface area contributed by atoms with Gasteiger partial charge in [0.05, 0.1) is 23.5 Å². The van der Waals surface area contributed by atoms with Gasteiger partial charge in [0.2, 0.25) is 5.91 Å². The molecule has 0 saturated carbocycles. The summed E-state index contributed by atoms with van der Waals surface area (Å²) in [6.45, 7) is 2.06. The smallest absolute Gasteiger partial charge is 0.426 e. The quantitative estimate of drug-likeness (QED) is 0.480. The molecule has 0 bridgehead atoms. The lowest BCUT2D eigenvalue weighted by Gasteiger charge is -2.18. The van der Waals surface area contributed by atoms with E-state index in [1.54, 1.807) is 10.9 Å². The molecule has 8 heteroatoms. The van der Waals surface area contributed by atoms with Gasteiger partial charge in [-0.2, -0.15) is 0 Å². The number of hydrogen-bond acceptors (Lipinski definition) is 5. The first-order valence-corrected chi connectivity index (χ1v) is 9.75. The van der Waals surface area contributed by atoms with Gasteiger partial charge in [0.15, 0.2) is 0 Å². The lowest BCUT2D eigenvalue weighted by atomic mass is 9.75. The molecule has 3 aromatic rings. The highest BCUT2D eigenvalue weighted by Crippen LogP contribution is 2.10. The first-order valence-electron chi connectivity index (χ1n) is 9.75. The lowest BCUT2D eigenvalue weighted by Crippen LogP contribution is -2.48. The van der Waals surface area contributed by atoms with Crippen molar-refractivity contribution in [2.45, 2.75) is 38.5 Å². The highest BCUT2D eigenvalue weighted by atomic mass is 16.4. The van der Waals surface area contributed by atoms with E-state index in [2.05, 4.69) is 22.6 Å². The summed E-state index contributed by atoms with van der Waals surface area (Å²) in [5.74, 6) is -1.03. The standard InChI is InChI=1S/C21H25BN4O3/c1-2-16-7-6-8-17(13-16)14-20(22(28)29)23-21(27)12-11-18-15-26(25-24-18)19-9-4-3-5-10-19/h3-10,13,15,20,28-29H,2,11-12,14H2,1H3,(H,23,27). The Morgan fingerprint density at radius 3 is 2.62 bits per heavy atom. The molecular weight excluding hydrogens is 367 g/mol. The molecular formula is C21H25BN4O3. The van der Waals surface area contributed by atoms with Gasteiger partial charge in [-0.3, -0.25) is 4.79 Å². The van der Waals surface area contributed by atoms with Gasteiger partial charge in [-0.05, 0) is 36.1 Å². The maximum Gasteiger partial charge on any atom is 0.475 e. The molecule has 0 aliphatic carbocycles. The monoisotopic (exact) mass is 392 g/mol. The second-order valence-electron chi connectivity index (χ2n) is 6.96. The number of aromatic nitrogens is 3. The van der Waals surface area contributed by atoms with Gasteiger partial charge in [-0.15, -0.1) is 5.10 Å². The third-order valence-corrected chi connectivity index (χ3v) is 4.73. The van der Waals surface area contributed by atoms with Crippen molar-refractivity contribution in [1.82, 2.24) is 20.3 Å². The van der Waals surface area contributed by atoms with Gasteiger partial charge in [-0.1, -0.05) is 54.6 Å². The minimum Gasteiger partial charge on any atom is -0.426 e. The maximum atomic E-state index is 12.3. The van der Waals surface area contributed by atoms with Crippen LogP contribution in [0, 0.1) is 0 Å². The van der Waals surface area contributed by atoms with Gasteiger partial charge < -0.3 is 15.4 Å². The average Bonchev–Trinajstić information content (AvgIpc) is 3.21. The van der Waals surface area contributed by atoms with Crippen LogP contribution in [-0.4, -0.2) is 44.0 Å². The van der Waals surface area contributed by atoms with Crippen LogP contribution in [0.15, 0.2) is 60.8 Å². The summed E-state index contributed by atoms with van der Waals surface area (Å²) >= 11 is 0. The predicted octanol–water partition coefficient (Wildman–Crippen LogP) is 1.50. The number of aryl methyl sites for hydroxylation is 2. The fourth-order valence-corrected chi connectivity index (χ4v) is 3.10. The van der Waals surface area contributed by atoms with Crippen LogP contribution in [0.5, 0.6) is 0 Å². The zero-order valence-electron chi connectivity index (χ0n) is 16.4. The summed E-state index contributed by atoms with van der Waals surface area (Å²) in [6, 6.07) is 17.5. The van der Waals surface area contributed by atoms with Crippen molar-refractivity contribution >= 4 is 13.0 Å². The molecule has 7 nitrogen and oxygen atoms in total. The van der Waals surface area contributed by atoms with Gasteiger partial charge in [-0.25, -0.2) is 4.68 Å². The zero-order valence-corrected chi connectivity index (χ0v) is 16.4. The molecule has 150 valence electrons. The van der Waals surface area contributed by atoms with Gasteiger partial charge in [0, 0.05) is 12.8 Å². The Bertz CT molecular complexity index is 930. The van der Waals surface area contributed by atoms with Crippen molar-refractivity contribution in [3.8, 4) is 5.69 Å². The summed E-state index contributed by atoms with van der Waals surface area (Å²) in [7, 11) is -1.64. The van der Waals surface area contributed by atoms with E-state index in [0.29, 0.717) is 18.5 Å². The number of rotatable bonds is 9. The third kappa shape index (κ3) is 6.00. The van der Waals surface area contributed by atoms with E-state index >= 15 is 0 Å². The molecule has 0 spiro atoms. The SMILES string of the molecule is CCc1cccc(CC(NC(=O)CCc2cn(-c3ccccc3)nn2)B(O)O)c1. The van der Waals surface area contributed by atoms with E-state index in [9.17, 15) is 14.8 Å². The fraction of sp³-hybridized carbons (Fsp3) is 0.286. The van der Waals surface area contributed by atoms with E-state index in [1.807, 2.05) is 54.6 Å². The predicted molar refractivity (Wildman–Crippen MR) is 111 cm³/mol. The van der Waals surface area contributed by atoms with Crippen LogP contribution in [0.2, 0.25) is 0 Å². The van der Waals surface area contributed by atoms with E-state index in [1.165, 1.54) is 5.56 Å². The fourth-order valence-electron chi connectivity index (χ4n) is 3.10. The van der Waals surface area contributed by atoms with E-state index in [4.69, 9.17) is 0 Å². The van der Waals surface area contributed by atoms with Crippen LogP contribution in [0.25, 0.3) is 5.69 Å². The van der Waals surface area contributed by atoms with Crippen LogP contribution in [0.3, 0.4) is 0 Å². The number of amides is 1. The number of hydrogen-bond donors (Lipinski definition) is 3. The summed E-state index contributed by atoms with van der Waals surface area (Å²) < 4.78 is 1.66. The molecule has 2 aromatic carbocycles. The Morgan fingerprint density at radius 1 is 1.14 bits per heavy atom. The van der Waals surface area contributed by atoms with Gasteiger partial charge in [0.1, 0.15) is 0 Å². The second-order valence-corrected chi connectivity index (χ2v) is 6.96.